The molecule has 5 nitrogen and oxygen atoms in total. The summed E-state index contributed by atoms with van der Waals surface area (Å²) < 4.78 is 5.64. The van der Waals surface area contributed by atoms with Gasteiger partial charge < -0.3 is 15.4 Å². The summed E-state index contributed by atoms with van der Waals surface area (Å²) in [6.07, 6.45) is 0.855. The molecule has 0 heterocycles. The summed E-state index contributed by atoms with van der Waals surface area (Å²) in [4.78, 5) is 23.9. The molecule has 0 saturated heterocycles. The lowest BCUT2D eigenvalue weighted by atomic mass is 10.1. The predicted molar refractivity (Wildman–Crippen MR) is 101 cm³/mol. The maximum atomic E-state index is 12.6. The molecule has 0 radical (unpaired) electrons. The van der Waals surface area contributed by atoms with Crippen molar-refractivity contribution >= 4 is 34.8 Å². The summed E-state index contributed by atoms with van der Waals surface area (Å²) in [5, 5.41) is 6.03. The molecule has 0 aromatic heterocycles. The van der Waals surface area contributed by atoms with Crippen molar-refractivity contribution < 1.29 is 14.3 Å². The monoisotopic (exact) mass is 360 g/mol. The third kappa shape index (κ3) is 5.22. The summed E-state index contributed by atoms with van der Waals surface area (Å²) in [6, 6.07) is 10.2. The molecular weight excluding hydrogens is 340 g/mol. The third-order valence-electron chi connectivity index (χ3n) is 3.46. The van der Waals surface area contributed by atoms with Gasteiger partial charge in [0.1, 0.15) is 5.75 Å². The van der Waals surface area contributed by atoms with Crippen molar-refractivity contribution in [3.8, 4) is 5.75 Å². The Morgan fingerprint density at radius 2 is 1.84 bits per heavy atom. The quantitative estimate of drug-likeness (QED) is 0.788. The van der Waals surface area contributed by atoms with Gasteiger partial charge in [0.05, 0.1) is 12.3 Å². The highest BCUT2D eigenvalue weighted by Gasteiger charge is 2.13. The Morgan fingerprint density at radius 3 is 2.52 bits per heavy atom. The molecule has 0 saturated carbocycles. The number of ether oxygens (including phenoxy) is 1. The van der Waals surface area contributed by atoms with Crippen molar-refractivity contribution in [3.05, 3.63) is 52.5 Å². The Balaban J connectivity index is 2.25. The lowest BCUT2D eigenvalue weighted by Gasteiger charge is -2.13. The van der Waals surface area contributed by atoms with Crippen molar-refractivity contribution in [2.45, 2.75) is 27.2 Å². The molecule has 0 spiro atoms. The highest BCUT2D eigenvalue weighted by atomic mass is 35.5. The van der Waals surface area contributed by atoms with Crippen LogP contribution in [0.1, 0.15) is 36.2 Å². The summed E-state index contributed by atoms with van der Waals surface area (Å²) in [5.41, 5.74) is 2.42. The first-order chi connectivity index (χ1) is 11.9. The van der Waals surface area contributed by atoms with Crippen LogP contribution in [0.25, 0.3) is 0 Å². The first-order valence-corrected chi connectivity index (χ1v) is 8.40. The number of carbonyl (C=O) groups excluding carboxylic acids is 2. The number of anilines is 2. The number of aryl methyl sites for hydroxylation is 1. The molecule has 132 valence electrons. The van der Waals surface area contributed by atoms with E-state index in [0.717, 1.165) is 12.0 Å². The standard InChI is InChI=1S/C19H21ClN2O3/c1-4-9-25-18-8-7-15(20)11-17(18)22-19(24)14-6-5-12(2)16(10-14)21-13(3)23/h5-8,10-11H,4,9H2,1-3H3,(H,21,23)(H,22,24). The maximum Gasteiger partial charge on any atom is 0.255 e. The molecule has 0 atom stereocenters. The van der Waals surface area contributed by atoms with E-state index in [9.17, 15) is 9.59 Å². The van der Waals surface area contributed by atoms with Crippen LogP contribution < -0.4 is 15.4 Å². The molecule has 0 aliphatic heterocycles. The summed E-state index contributed by atoms with van der Waals surface area (Å²) in [5.74, 6) is 0.0646. The predicted octanol–water partition coefficient (Wildman–Crippen LogP) is 4.65. The largest absolute Gasteiger partial charge is 0.491 e. The molecule has 0 aliphatic rings. The second-order valence-corrected chi connectivity index (χ2v) is 6.09. The second kappa shape index (κ2) is 8.53. The molecule has 0 fully saturated rings. The van der Waals surface area contributed by atoms with Crippen molar-refractivity contribution in [2.75, 3.05) is 17.2 Å². The molecule has 2 rings (SSSR count). The molecule has 0 aliphatic carbocycles. The van der Waals surface area contributed by atoms with Gasteiger partial charge in [-0.2, -0.15) is 0 Å². The number of carbonyl (C=O) groups is 2. The van der Waals surface area contributed by atoms with E-state index in [0.29, 0.717) is 34.3 Å². The summed E-state index contributed by atoms with van der Waals surface area (Å²) in [6.45, 7) is 5.84. The van der Waals surface area contributed by atoms with Crippen LogP contribution in [0.15, 0.2) is 36.4 Å². The zero-order valence-electron chi connectivity index (χ0n) is 14.5. The topological polar surface area (TPSA) is 67.4 Å². The average Bonchev–Trinajstić information content (AvgIpc) is 2.55. The van der Waals surface area contributed by atoms with Gasteiger partial charge >= 0.3 is 0 Å². The fraction of sp³-hybridized carbons (Fsp3) is 0.263. The van der Waals surface area contributed by atoms with E-state index in [1.165, 1.54) is 6.92 Å². The molecule has 0 bridgehead atoms. The van der Waals surface area contributed by atoms with E-state index in [4.69, 9.17) is 16.3 Å². The van der Waals surface area contributed by atoms with Crippen LogP contribution >= 0.6 is 11.6 Å². The van der Waals surface area contributed by atoms with Crippen molar-refractivity contribution in [1.82, 2.24) is 0 Å². The molecule has 6 heteroatoms. The third-order valence-corrected chi connectivity index (χ3v) is 3.70. The molecule has 0 unspecified atom stereocenters. The summed E-state index contributed by atoms with van der Waals surface area (Å²) in [7, 11) is 0. The van der Waals surface area contributed by atoms with E-state index in [-0.39, 0.29) is 11.8 Å². The number of rotatable bonds is 6. The molecule has 2 aromatic rings. The van der Waals surface area contributed by atoms with E-state index >= 15 is 0 Å². The van der Waals surface area contributed by atoms with E-state index in [2.05, 4.69) is 10.6 Å². The van der Waals surface area contributed by atoms with Gasteiger partial charge in [0.15, 0.2) is 0 Å². The fourth-order valence-electron chi connectivity index (χ4n) is 2.22. The van der Waals surface area contributed by atoms with Gasteiger partial charge in [-0.3, -0.25) is 9.59 Å². The molecular formula is C19H21ClN2O3. The van der Waals surface area contributed by atoms with Gasteiger partial charge in [-0.25, -0.2) is 0 Å². The van der Waals surface area contributed by atoms with Crippen LogP contribution in [0.3, 0.4) is 0 Å². The Kier molecular flexibility index (Phi) is 6.42. The van der Waals surface area contributed by atoms with Gasteiger partial charge in [0.25, 0.3) is 5.91 Å². The highest BCUT2D eigenvalue weighted by molar-refractivity contribution is 6.31. The number of nitrogens with one attached hydrogen (secondary N) is 2. The summed E-state index contributed by atoms with van der Waals surface area (Å²) >= 11 is 6.03. The Bertz CT molecular complexity index is 790. The molecule has 25 heavy (non-hydrogen) atoms. The zero-order valence-corrected chi connectivity index (χ0v) is 15.2. The minimum atomic E-state index is -0.310. The zero-order chi connectivity index (χ0) is 18.4. The van der Waals surface area contributed by atoms with Crippen LogP contribution in [-0.2, 0) is 4.79 Å². The van der Waals surface area contributed by atoms with Gasteiger partial charge in [-0.05, 0) is 49.2 Å². The van der Waals surface area contributed by atoms with Crippen molar-refractivity contribution in [1.29, 1.82) is 0 Å². The van der Waals surface area contributed by atoms with E-state index in [1.807, 2.05) is 13.8 Å². The van der Waals surface area contributed by atoms with Crippen LogP contribution in [0.5, 0.6) is 5.75 Å². The number of hydrogen-bond acceptors (Lipinski definition) is 3. The number of halogens is 1. The Hall–Kier alpha value is -2.53. The molecule has 2 N–H and O–H groups in total. The van der Waals surface area contributed by atoms with Crippen molar-refractivity contribution in [2.24, 2.45) is 0 Å². The van der Waals surface area contributed by atoms with Gasteiger partial charge in [0.2, 0.25) is 5.91 Å². The van der Waals surface area contributed by atoms with Gasteiger partial charge in [0, 0.05) is 23.2 Å². The molecule has 2 aromatic carbocycles. The fourth-order valence-corrected chi connectivity index (χ4v) is 2.39. The van der Waals surface area contributed by atoms with Crippen LogP contribution in [-0.4, -0.2) is 18.4 Å². The van der Waals surface area contributed by atoms with E-state index in [1.54, 1.807) is 36.4 Å². The number of hydrogen-bond donors (Lipinski definition) is 2. The van der Waals surface area contributed by atoms with Crippen LogP contribution in [0.4, 0.5) is 11.4 Å². The Morgan fingerprint density at radius 1 is 1.08 bits per heavy atom. The van der Waals surface area contributed by atoms with Crippen LogP contribution in [0.2, 0.25) is 5.02 Å². The minimum absolute atomic E-state index is 0.189. The van der Waals surface area contributed by atoms with E-state index < -0.39 is 0 Å². The number of benzene rings is 2. The first kappa shape index (κ1) is 18.8. The average molecular weight is 361 g/mol. The first-order valence-electron chi connectivity index (χ1n) is 8.02. The lowest BCUT2D eigenvalue weighted by Crippen LogP contribution is -2.14. The highest BCUT2D eigenvalue weighted by Crippen LogP contribution is 2.29. The SMILES string of the molecule is CCCOc1ccc(Cl)cc1NC(=O)c1ccc(C)c(NC(C)=O)c1. The lowest BCUT2D eigenvalue weighted by molar-refractivity contribution is -0.114. The van der Waals surface area contributed by atoms with Gasteiger partial charge in [-0.15, -0.1) is 0 Å². The normalized spacial score (nSPS) is 10.2. The molecule has 2 amide bonds. The smallest absolute Gasteiger partial charge is 0.255 e. The Labute approximate surface area is 152 Å². The number of amides is 2. The minimum Gasteiger partial charge on any atom is -0.491 e. The maximum absolute atomic E-state index is 12.6. The second-order valence-electron chi connectivity index (χ2n) is 5.65. The van der Waals surface area contributed by atoms with Crippen molar-refractivity contribution in [3.63, 3.8) is 0 Å². The van der Waals surface area contributed by atoms with Crippen LogP contribution in [0, 0.1) is 6.92 Å². The van der Waals surface area contributed by atoms with Gasteiger partial charge in [-0.1, -0.05) is 24.6 Å².